The predicted molar refractivity (Wildman–Crippen MR) is 153 cm³/mol. The van der Waals surface area contributed by atoms with Crippen molar-refractivity contribution >= 4 is 46.0 Å². The van der Waals surface area contributed by atoms with Gasteiger partial charge in [0.15, 0.2) is 0 Å². The van der Waals surface area contributed by atoms with E-state index in [2.05, 4.69) is 22.5 Å². The summed E-state index contributed by atoms with van der Waals surface area (Å²) in [6, 6.07) is 7.69. The fourth-order valence-corrected chi connectivity index (χ4v) is 6.67. The molecule has 0 radical (unpaired) electrons. The van der Waals surface area contributed by atoms with Gasteiger partial charge in [0.25, 0.3) is 0 Å². The van der Waals surface area contributed by atoms with Gasteiger partial charge in [0, 0.05) is 24.5 Å². The number of alkyl halides is 4. The monoisotopic (exact) mass is 583 g/mol. The van der Waals surface area contributed by atoms with Crippen molar-refractivity contribution in [3.8, 4) is 17.6 Å². The van der Waals surface area contributed by atoms with Crippen LogP contribution in [0.15, 0.2) is 30.3 Å². The highest BCUT2D eigenvalue weighted by molar-refractivity contribution is 7.64. The van der Waals surface area contributed by atoms with Crippen molar-refractivity contribution in [2.24, 2.45) is 0 Å². The molecule has 11 heteroatoms. The molecule has 1 aromatic heterocycles. The summed E-state index contributed by atoms with van der Waals surface area (Å²) in [5.41, 5.74) is 1.13. The third-order valence-corrected chi connectivity index (χ3v) is 9.10. The molecule has 1 saturated heterocycles. The van der Waals surface area contributed by atoms with E-state index in [1.54, 1.807) is 24.3 Å². The van der Waals surface area contributed by atoms with E-state index >= 15 is 0 Å². The molecule has 2 aromatic carbocycles. The highest BCUT2D eigenvalue weighted by atomic mass is 32.1. The lowest BCUT2D eigenvalue weighted by molar-refractivity contribution is -0.126. The van der Waals surface area contributed by atoms with E-state index in [-0.39, 0.29) is 17.9 Å². The molecule has 4 rings (SSSR count). The summed E-state index contributed by atoms with van der Waals surface area (Å²) < 4.78 is 75.8. The zero-order valence-electron chi connectivity index (χ0n) is 22.2. The summed E-state index contributed by atoms with van der Waals surface area (Å²) in [7, 11) is 2.69. The van der Waals surface area contributed by atoms with Gasteiger partial charge in [-0.15, -0.1) is 11.3 Å². The molecule has 1 fully saturated rings. The predicted octanol–water partition coefficient (Wildman–Crippen LogP) is 6.44. The lowest BCUT2D eigenvalue weighted by Gasteiger charge is -2.33. The van der Waals surface area contributed by atoms with Crippen LogP contribution in [-0.4, -0.2) is 70.4 Å². The smallest absolute Gasteiger partial charge is 0.393 e. The Balaban J connectivity index is 1.61. The molecular weight excluding hydrogens is 552 g/mol. The molecule has 2 heterocycles. The number of ether oxygens (including phenoxy) is 1. The highest BCUT2D eigenvalue weighted by Crippen LogP contribution is 2.39. The van der Waals surface area contributed by atoms with Gasteiger partial charge < -0.3 is 20.3 Å². The SMILES string of the molecule is COc1cc(P(C)C)c(F)cc1NCC#Cc1sc2c(NC3CCN(C)CC3F)cccc2c1CC(F)(F)F. The number of nitrogens with one attached hydrogen (secondary N) is 2. The third-order valence-electron chi connectivity index (χ3n) is 6.60. The van der Waals surface area contributed by atoms with Gasteiger partial charge in [-0.1, -0.05) is 31.9 Å². The van der Waals surface area contributed by atoms with Crippen molar-refractivity contribution in [2.75, 3.05) is 57.8 Å². The van der Waals surface area contributed by atoms with E-state index in [1.807, 2.05) is 25.3 Å². The molecule has 3 aromatic rings. The Kier molecular flexibility index (Phi) is 9.25. The molecule has 2 atom stereocenters. The molecular formula is C28H31F5N3OPS. The van der Waals surface area contributed by atoms with Crippen LogP contribution in [0.25, 0.3) is 10.1 Å². The van der Waals surface area contributed by atoms with Crippen molar-refractivity contribution in [3.05, 3.63) is 46.6 Å². The van der Waals surface area contributed by atoms with Crippen LogP contribution >= 0.6 is 19.3 Å². The molecule has 39 heavy (non-hydrogen) atoms. The van der Waals surface area contributed by atoms with Gasteiger partial charge in [-0.2, -0.15) is 13.2 Å². The van der Waals surface area contributed by atoms with Gasteiger partial charge in [0.05, 0.1) is 47.1 Å². The minimum absolute atomic E-state index is 0.0755. The number of hydrogen-bond donors (Lipinski definition) is 2. The van der Waals surface area contributed by atoms with Gasteiger partial charge in [-0.3, -0.25) is 0 Å². The summed E-state index contributed by atoms with van der Waals surface area (Å²) >= 11 is 1.16. The molecule has 2 N–H and O–H groups in total. The molecule has 0 saturated carbocycles. The number of anilines is 2. The fourth-order valence-electron chi connectivity index (χ4n) is 4.64. The number of rotatable bonds is 7. The lowest BCUT2D eigenvalue weighted by Crippen LogP contribution is -2.46. The second-order valence-corrected chi connectivity index (χ2v) is 13.0. The van der Waals surface area contributed by atoms with Crippen LogP contribution in [-0.2, 0) is 6.42 Å². The highest BCUT2D eigenvalue weighted by Gasteiger charge is 2.32. The third kappa shape index (κ3) is 7.13. The molecule has 4 nitrogen and oxygen atoms in total. The Labute approximate surface area is 230 Å². The van der Waals surface area contributed by atoms with Crippen LogP contribution < -0.4 is 20.7 Å². The number of methoxy groups -OCH3 is 1. The molecule has 0 spiro atoms. The summed E-state index contributed by atoms with van der Waals surface area (Å²) in [6.45, 7) is 5.00. The maximum Gasteiger partial charge on any atom is 0.393 e. The van der Waals surface area contributed by atoms with E-state index < -0.39 is 32.7 Å². The molecule has 1 aliphatic heterocycles. The zero-order valence-corrected chi connectivity index (χ0v) is 23.9. The Hall–Kier alpha value is -2.60. The standard InChI is InChI=1S/C28H31F5N3OPS/c1-36-12-10-21(20(30)16-36)35-22-8-5-7-17-18(15-28(31,32)33)26(39-27(17)22)9-6-11-34-23-13-19(29)25(38(3)4)14-24(23)37-2/h5,7-8,13-14,20-21,34-35H,10-12,15-16H2,1-4H3. The van der Waals surface area contributed by atoms with Gasteiger partial charge >= 0.3 is 6.18 Å². The minimum atomic E-state index is -4.42. The van der Waals surface area contributed by atoms with Crippen LogP contribution in [0.2, 0.25) is 0 Å². The van der Waals surface area contributed by atoms with Crippen molar-refractivity contribution in [3.63, 3.8) is 0 Å². The van der Waals surface area contributed by atoms with Crippen molar-refractivity contribution in [1.29, 1.82) is 0 Å². The Morgan fingerprint density at radius 3 is 2.64 bits per heavy atom. The van der Waals surface area contributed by atoms with Crippen molar-refractivity contribution in [2.45, 2.75) is 31.2 Å². The number of likely N-dealkylation sites (tertiary alicyclic amines) is 1. The summed E-state index contributed by atoms with van der Waals surface area (Å²) in [5.74, 6) is 5.89. The van der Waals surface area contributed by atoms with Crippen LogP contribution in [0, 0.1) is 17.7 Å². The summed E-state index contributed by atoms with van der Waals surface area (Å²) in [6.07, 6.45) is -6.03. The first-order valence-corrected chi connectivity index (χ1v) is 15.5. The average Bonchev–Trinajstić information content (AvgIpc) is 3.20. The van der Waals surface area contributed by atoms with E-state index in [4.69, 9.17) is 4.74 Å². The first-order chi connectivity index (χ1) is 18.5. The van der Waals surface area contributed by atoms with Gasteiger partial charge in [0.1, 0.15) is 17.7 Å². The summed E-state index contributed by atoms with van der Waals surface area (Å²) in [4.78, 5) is 2.22. The zero-order chi connectivity index (χ0) is 28.3. The van der Waals surface area contributed by atoms with Crippen molar-refractivity contribution < 1.29 is 26.7 Å². The normalized spacial score (nSPS) is 18.2. The second-order valence-electron chi connectivity index (χ2n) is 9.76. The number of thiophene rings is 1. The van der Waals surface area contributed by atoms with Gasteiger partial charge in [0.2, 0.25) is 0 Å². The van der Waals surface area contributed by atoms with Crippen LogP contribution in [0.4, 0.5) is 33.3 Å². The second kappa shape index (κ2) is 12.3. The van der Waals surface area contributed by atoms with Gasteiger partial charge in [-0.25, -0.2) is 8.78 Å². The molecule has 2 unspecified atom stereocenters. The topological polar surface area (TPSA) is 36.5 Å². The van der Waals surface area contributed by atoms with E-state index in [9.17, 15) is 22.0 Å². The van der Waals surface area contributed by atoms with E-state index in [0.29, 0.717) is 50.4 Å². The number of hydrogen-bond acceptors (Lipinski definition) is 5. The van der Waals surface area contributed by atoms with E-state index in [0.717, 1.165) is 17.9 Å². The molecule has 1 aliphatic rings. The maximum atomic E-state index is 14.7. The van der Waals surface area contributed by atoms with E-state index in [1.165, 1.54) is 13.2 Å². The van der Waals surface area contributed by atoms with Crippen LogP contribution in [0.3, 0.4) is 0 Å². The fraction of sp³-hybridized carbons (Fsp3) is 0.429. The lowest BCUT2D eigenvalue weighted by atomic mass is 10.0. The summed E-state index contributed by atoms with van der Waals surface area (Å²) in [5, 5.41) is 7.29. The van der Waals surface area contributed by atoms with Gasteiger partial charge in [-0.05, 0) is 49.9 Å². The first-order valence-electron chi connectivity index (χ1n) is 12.4. The number of fused-ring (bicyclic) bond motifs is 1. The Morgan fingerprint density at radius 2 is 1.97 bits per heavy atom. The first kappa shape index (κ1) is 29.4. The maximum absolute atomic E-state index is 14.7. The number of nitrogens with zero attached hydrogens (tertiary/aromatic N) is 1. The minimum Gasteiger partial charge on any atom is -0.495 e. The Bertz CT molecular complexity index is 1380. The number of halogens is 5. The Morgan fingerprint density at radius 1 is 1.21 bits per heavy atom. The molecule has 0 aliphatic carbocycles. The number of piperidine rings is 1. The van der Waals surface area contributed by atoms with Crippen LogP contribution in [0.5, 0.6) is 5.75 Å². The quantitative estimate of drug-likeness (QED) is 0.191. The average molecular weight is 584 g/mol. The molecule has 0 bridgehead atoms. The largest absolute Gasteiger partial charge is 0.495 e. The van der Waals surface area contributed by atoms with Crippen molar-refractivity contribution in [1.82, 2.24) is 4.90 Å². The molecule has 210 valence electrons. The molecule has 0 amide bonds. The van der Waals surface area contributed by atoms with Crippen LogP contribution in [0.1, 0.15) is 16.9 Å². The number of benzene rings is 2.